The maximum absolute atomic E-state index is 11.9. The number of benzene rings is 1. The Morgan fingerprint density at radius 3 is 2.64 bits per heavy atom. The van der Waals surface area contributed by atoms with Crippen molar-refractivity contribution in [1.82, 2.24) is 5.32 Å². The third-order valence-electron chi connectivity index (χ3n) is 4.01. The number of ether oxygens (including phenoxy) is 1. The standard InChI is InChI=1S/C18H18Cl2N2O3/c19-14-6-4-13(15(20)10-14)5-7-17(24)25-11-16(23)22-18(12-21)8-2-1-3-9-18/h4-7,10H,1-3,8-9,11H2,(H,22,23)/b7-5+. The largest absolute Gasteiger partial charge is 0.452 e. The van der Waals surface area contributed by atoms with Crippen LogP contribution in [0.3, 0.4) is 0 Å². The Morgan fingerprint density at radius 1 is 1.28 bits per heavy atom. The van der Waals surface area contributed by atoms with E-state index in [0.29, 0.717) is 28.5 Å². The lowest BCUT2D eigenvalue weighted by atomic mass is 9.83. The van der Waals surface area contributed by atoms with Gasteiger partial charge in [-0.25, -0.2) is 4.79 Å². The average Bonchev–Trinajstić information content (AvgIpc) is 2.60. The smallest absolute Gasteiger partial charge is 0.331 e. The molecule has 132 valence electrons. The number of carbonyl (C=O) groups is 2. The lowest BCUT2D eigenvalue weighted by Crippen LogP contribution is -2.49. The van der Waals surface area contributed by atoms with Crippen LogP contribution in [-0.4, -0.2) is 24.0 Å². The number of hydrogen-bond acceptors (Lipinski definition) is 4. The fraction of sp³-hybridized carbons (Fsp3) is 0.389. The molecule has 0 atom stereocenters. The minimum Gasteiger partial charge on any atom is -0.452 e. The molecule has 0 unspecified atom stereocenters. The molecule has 0 radical (unpaired) electrons. The van der Waals surface area contributed by atoms with Crippen molar-refractivity contribution >= 4 is 41.2 Å². The van der Waals surface area contributed by atoms with E-state index in [9.17, 15) is 14.9 Å². The molecule has 1 N–H and O–H groups in total. The first kappa shape index (κ1) is 19.3. The Balaban J connectivity index is 1.84. The highest BCUT2D eigenvalue weighted by molar-refractivity contribution is 6.35. The third kappa shape index (κ3) is 5.77. The molecule has 1 aromatic carbocycles. The predicted octanol–water partition coefficient (Wildman–Crippen LogP) is 3.89. The molecule has 0 aromatic heterocycles. The minimum atomic E-state index is -0.839. The van der Waals surface area contributed by atoms with Crippen molar-refractivity contribution in [2.45, 2.75) is 37.6 Å². The van der Waals surface area contributed by atoms with Crippen molar-refractivity contribution in [2.24, 2.45) is 0 Å². The molecule has 0 bridgehead atoms. The van der Waals surface area contributed by atoms with Gasteiger partial charge in [-0.1, -0.05) is 48.5 Å². The molecule has 0 heterocycles. The van der Waals surface area contributed by atoms with E-state index in [4.69, 9.17) is 27.9 Å². The Labute approximate surface area is 156 Å². The topological polar surface area (TPSA) is 79.2 Å². The number of esters is 1. The van der Waals surface area contributed by atoms with E-state index < -0.39 is 24.0 Å². The number of carbonyl (C=O) groups excluding carboxylic acids is 2. The average molecular weight is 381 g/mol. The third-order valence-corrected chi connectivity index (χ3v) is 4.57. The van der Waals surface area contributed by atoms with Crippen LogP contribution in [0.1, 0.15) is 37.7 Å². The molecule has 0 aliphatic heterocycles. The molecule has 0 spiro atoms. The van der Waals surface area contributed by atoms with Crippen molar-refractivity contribution in [1.29, 1.82) is 5.26 Å². The Hall–Kier alpha value is -2.03. The summed E-state index contributed by atoms with van der Waals surface area (Å²) < 4.78 is 4.90. The summed E-state index contributed by atoms with van der Waals surface area (Å²) in [4.78, 5) is 23.7. The van der Waals surface area contributed by atoms with Gasteiger partial charge in [-0.2, -0.15) is 5.26 Å². The lowest BCUT2D eigenvalue weighted by molar-refractivity contribution is -0.144. The van der Waals surface area contributed by atoms with Crippen LogP contribution in [-0.2, 0) is 14.3 Å². The van der Waals surface area contributed by atoms with Crippen LogP contribution in [0.5, 0.6) is 0 Å². The summed E-state index contributed by atoms with van der Waals surface area (Å²) >= 11 is 11.8. The van der Waals surface area contributed by atoms with Crippen LogP contribution in [0.15, 0.2) is 24.3 Å². The zero-order valence-corrected chi connectivity index (χ0v) is 15.1. The first-order chi connectivity index (χ1) is 11.9. The van der Waals surface area contributed by atoms with E-state index >= 15 is 0 Å². The van der Waals surface area contributed by atoms with Crippen LogP contribution < -0.4 is 5.32 Å². The lowest BCUT2D eigenvalue weighted by Gasteiger charge is -2.31. The van der Waals surface area contributed by atoms with E-state index in [0.717, 1.165) is 19.3 Å². The van der Waals surface area contributed by atoms with Gasteiger partial charge in [-0.3, -0.25) is 4.79 Å². The van der Waals surface area contributed by atoms with Gasteiger partial charge in [-0.15, -0.1) is 0 Å². The van der Waals surface area contributed by atoms with Crippen molar-refractivity contribution in [2.75, 3.05) is 6.61 Å². The SMILES string of the molecule is N#CC1(NC(=O)COC(=O)/C=C/c2ccc(Cl)cc2Cl)CCCCC1. The van der Waals surface area contributed by atoms with E-state index in [1.54, 1.807) is 18.2 Å². The molecule has 1 fully saturated rings. The molecule has 1 amide bonds. The Kier molecular flexibility index (Phi) is 6.86. The van der Waals surface area contributed by atoms with Gasteiger partial charge in [0.2, 0.25) is 0 Å². The molecule has 0 saturated heterocycles. The maximum Gasteiger partial charge on any atom is 0.331 e. The summed E-state index contributed by atoms with van der Waals surface area (Å²) in [7, 11) is 0. The molecule has 2 rings (SSSR count). The van der Waals surface area contributed by atoms with Crippen LogP contribution in [0.2, 0.25) is 10.0 Å². The zero-order chi connectivity index (χ0) is 18.3. The number of rotatable bonds is 5. The summed E-state index contributed by atoms with van der Waals surface area (Å²) in [5, 5.41) is 12.9. The summed E-state index contributed by atoms with van der Waals surface area (Å²) in [6.07, 6.45) is 6.78. The fourth-order valence-electron chi connectivity index (χ4n) is 2.70. The molecule has 1 aliphatic carbocycles. The second-order valence-corrected chi connectivity index (χ2v) is 6.75. The van der Waals surface area contributed by atoms with Gasteiger partial charge in [0.15, 0.2) is 6.61 Å². The summed E-state index contributed by atoms with van der Waals surface area (Å²) in [5.74, 6) is -1.15. The zero-order valence-electron chi connectivity index (χ0n) is 13.6. The molecule has 1 aromatic rings. The molecule has 25 heavy (non-hydrogen) atoms. The Bertz CT molecular complexity index is 720. The Morgan fingerprint density at radius 2 is 2.00 bits per heavy atom. The highest BCUT2D eigenvalue weighted by Crippen LogP contribution is 2.27. The van der Waals surface area contributed by atoms with Crippen molar-refractivity contribution in [3.63, 3.8) is 0 Å². The van der Waals surface area contributed by atoms with E-state index in [1.165, 1.54) is 12.2 Å². The van der Waals surface area contributed by atoms with Crippen molar-refractivity contribution in [3.05, 3.63) is 39.9 Å². The summed E-state index contributed by atoms with van der Waals surface area (Å²) in [6.45, 7) is -0.430. The van der Waals surface area contributed by atoms with Gasteiger partial charge >= 0.3 is 5.97 Å². The highest BCUT2D eigenvalue weighted by Gasteiger charge is 2.33. The van der Waals surface area contributed by atoms with E-state index in [1.807, 2.05) is 0 Å². The van der Waals surface area contributed by atoms with Crippen molar-refractivity contribution in [3.8, 4) is 6.07 Å². The van der Waals surface area contributed by atoms with Crippen molar-refractivity contribution < 1.29 is 14.3 Å². The number of hydrogen-bond donors (Lipinski definition) is 1. The fourth-order valence-corrected chi connectivity index (χ4v) is 3.17. The second-order valence-electron chi connectivity index (χ2n) is 5.91. The molecule has 7 heteroatoms. The second kappa shape index (κ2) is 8.89. The molecule has 5 nitrogen and oxygen atoms in total. The molecular weight excluding hydrogens is 363 g/mol. The number of nitrogens with one attached hydrogen (secondary N) is 1. The van der Waals surface area contributed by atoms with Gasteiger partial charge in [0.05, 0.1) is 6.07 Å². The van der Waals surface area contributed by atoms with Crippen LogP contribution in [0.25, 0.3) is 6.08 Å². The molecular formula is C18H18Cl2N2O3. The van der Waals surface area contributed by atoms with Gasteiger partial charge in [-0.05, 0) is 36.6 Å². The van der Waals surface area contributed by atoms with Crippen LogP contribution in [0, 0.1) is 11.3 Å². The maximum atomic E-state index is 11.9. The van der Waals surface area contributed by atoms with Gasteiger partial charge < -0.3 is 10.1 Å². The predicted molar refractivity (Wildman–Crippen MR) is 96.0 cm³/mol. The van der Waals surface area contributed by atoms with E-state index in [2.05, 4.69) is 11.4 Å². The minimum absolute atomic E-state index is 0.405. The summed E-state index contributed by atoms with van der Waals surface area (Å²) in [5.41, 5.74) is -0.230. The monoisotopic (exact) mass is 380 g/mol. The normalized spacial score (nSPS) is 16.2. The number of amides is 1. The highest BCUT2D eigenvalue weighted by atomic mass is 35.5. The summed E-state index contributed by atoms with van der Waals surface area (Å²) in [6, 6.07) is 7.06. The van der Waals surface area contributed by atoms with Gasteiger partial charge in [0, 0.05) is 16.1 Å². The molecule has 1 saturated carbocycles. The number of nitriles is 1. The van der Waals surface area contributed by atoms with Crippen LogP contribution >= 0.6 is 23.2 Å². The number of halogens is 2. The van der Waals surface area contributed by atoms with E-state index in [-0.39, 0.29) is 0 Å². The van der Waals surface area contributed by atoms with Crippen LogP contribution in [0.4, 0.5) is 0 Å². The van der Waals surface area contributed by atoms with Gasteiger partial charge in [0.25, 0.3) is 5.91 Å². The molecule has 1 aliphatic rings. The number of nitrogens with zero attached hydrogens (tertiary/aromatic N) is 1. The quantitative estimate of drug-likeness (QED) is 0.620. The first-order valence-corrected chi connectivity index (χ1v) is 8.72. The van der Waals surface area contributed by atoms with Gasteiger partial charge in [0.1, 0.15) is 5.54 Å². The first-order valence-electron chi connectivity index (χ1n) is 7.96.